The van der Waals surface area contributed by atoms with E-state index in [1.54, 1.807) is 0 Å². The Bertz CT molecular complexity index is 612. The molecule has 2 rings (SSSR count). The first-order chi connectivity index (χ1) is 9.51. The Morgan fingerprint density at radius 2 is 1.70 bits per heavy atom. The van der Waals surface area contributed by atoms with Gasteiger partial charge in [-0.15, -0.1) is 0 Å². The molecular formula is C15H10ClF3O. The van der Waals surface area contributed by atoms with Crippen molar-refractivity contribution in [2.75, 3.05) is 6.61 Å². The maximum Gasteiger partial charge on any atom is 0.137 e. The van der Waals surface area contributed by atoms with E-state index < -0.39 is 17.5 Å². The van der Waals surface area contributed by atoms with Gasteiger partial charge in [0, 0.05) is 17.2 Å². The maximum absolute atomic E-state index is 14.0. The lowest BCUT2D eigenvalue weighted by atomic mass is 10.0. The lowest BCUT2D eigenvalue weighted by Crippen LogP contribution is -1.97. The lowest BCUT2D eigenvalue weighted by Gasteiger charge is -2.09. The standard InChI is InChI=1S/C15H10ClF3O/c1-2-3-20-12-7-13(18)15(14(19)8-12)9-4-10(16)6-11(17)5-9/h2,4-8H,1,3H2. The Morgan fingerprint density at radius 3 is 2.25 bits per heavy atom. The van der Waals surface area contributed by atoms with E-state index in [9.17, 15) is 13.2 Å². The van der Waals surface area contributed by atoms with Crippen molar-refractivity contribution < 1.29 is 17.9 Å². The quantitative estimate of drug-likeness (QED) is 0.723. The van der Waals surface area contributed by atoms with E-state index in [2.05, 4.69) is 6.58 Å². The number of hydrogen-bond donors (Lipinski definition) is 0. The van der Waals surface area contributed by atoms with Crippen molar-refractivity contribution in [1.82, 2.24) is 0 Å². The highest BCUT2D eigenvalue weighted by Crippen LogP contribution is 2.31. The highest BCUT2D eigenvalue weighted by Gasteiger charge is 2.15. The largest absolute Gasteiger partial charge is 0.489 e. The van der Waals surface area contributed by atoms with Crippen molar-refractivity contribution in [3.8, 4) is 16.9 Å². The molecule has 0 aliphatic heterocycles. The zero-order valence-electron chi connectivity index (χ0n) is 10.3. The summed E-state index contributed by atoms with van der Waals surface area (Å²) < 4.78 is 46.3. The van der Waals surface area contributed by atoms with Gasteiger partial charge in [0.25, 0.3) is 0 Å². The van der Waals surface area contributed by atoms with Crippen LogP contribution in [0, 0.1) is 17.5 Å². The van der Waals surface area contributed by atoms with Crippen LogP contribution in [0.2, 0.25) is 5.02 Å². The Kier molecular flexibility index (Phi) is 4.35. The molecule has 0 saturated heterocycles. The summed E-state index contributed by atoms with van der Waals surface area (Å²) >= 11 is 5.68. The van der Waals surface area contributed by atoms with Crippen molar-refractivity contribution in [2.45, 2.75) is 0 Å². The van der Waals surface area contributed by atoms with Crippen molar-refractivity contribution in [1.29, 1.82) is 0 Å². The van der Waals surface area contributed by atoms with Gasteiger partial charge in [-0.25, -0.2) is 13.2 Å². The fraction of sp³-hybridized carbons (Fsp3) is 0.0667. The minimum atomic E-state index is -0.856. The minimum absolute atomic E-state index is 0.0280. The summed E-state index contributed by atoms with van der Waals surface area (Å²) in [7, 11) is 0. The zero-order valence-corrected chi connectivity index (χ0v) is 11.1. The summed E-state index contributed by atoms with van der Waals surface area (Å²) in [6, 6.07) is 5.41. The highest BCUT2D eigenvalue weighted by atomic mass is 35.5. The molecule has 0 unspecified atom stereocenters. The number of halogens is 4. The third-order valence-electron chi connectivity index (χ3n) is 2.53. The molecule has 5 heteroatoms. The van der Waals surface area contributed by atoms with E-state index in [0.717, 1.165) is 24.3 Å². The molecule has 2 aromatic carbocycles. The molecule has 0 atom stereocenters. The summed E-state index contributed by atoms with van der Waals surface area (Å²) in [6.07, 6.45) is 1.45. The van der Waals surface area contributed by atoms with Crippen LogP contribution in [-0.4, -0.2) is 6.61 Å². The summed E-state index contributed by atoms with van der Waals surface area (Å²) in [6.45, 7) is 3.57. The third-order valence-corrected chi connectivity index (χ3v) is 2.75. The Labute approximate surface area is 119 Å². The van der Waals surface area contributed by atoms with Gasteiger partial charge in [-0.3, -0.25) is 0 Å². The van der Waals surface area contributed by atoms with E-state index in [1.165, 1.54) is 12.1 Å². The number of benzene rings is 2. The van der Waals surface area contributed by atoms with Gasteiger partial charge >= 0.3 is 0 Å². The first-order valence-corrected chi connectivity index (χ1v) is 6.08. The SMILES string of the molecule is C=CCOc1cc(F)c(-c2cc(F)cc(Cl)c2)c(F)c1. The zero-order chi connectivity index (χ0) is 14.7. The predicted molar refractivity (Wildman–Crippen MR) is 72.5 cm³/mol. The molecule has 0 aliphatic carbocycles. The van der Waals surface area contributed by atoms with Crippen LogP contribution < -0.4 is 4.74 Å². The van der Waals surface area contributed by atoms with Crippen LogP contribution in [0.3, 0.4) is 0 Å². The Morgan fingerprint density at radius 1 is 1.05 bits per heavy atom. The average Bonchev–Trinajstić information content (AvgIpc) is 2.34. The smallest absolute Gasteiger partial charge is 0.137 e. The summed E-state index contributed by atoms with van der Waals surface area (Å²) in [5.41, 5.74) is -0.322. The van der Waals surface area contributed by atoms with E-state index in [4.69, 9.17) is 16.3 Å². The molecule has 104 valence electrons. The van der Waals surface area contributed by atoms with Crippen molar-refractivity contribution in [3.05, 3.63) is 65.5 Å². The summed E-state index contributed by atoms with van der Waals surface area (Å²) in [5, 5.41) is 0.0609. The van der Waals surface area contributed by atoms with E-state index in [-0.39, 0.29) is 28.5 Å². The second-order valence-electron chi connectivity index (χ2n) is 4.02. The van der Waals surface area contributed by atoms with Crippen LogP contribution in [0.1, 0.15) is 0 Å². The topological polar surface area (TPSA) is 9.23 Å². The maximum atomic E-state index is 14.0. The van der Waals surface area contributed by atoms with Crippen LogP contribution >= 0.6 is 11.6 Å². The van der Waals surface area contributed by atoms with Gasteiger partial charge in [0.15, 0.2) is 0 Å². The molecule has 1 nitrogen and oxygen atoms in total. The van der Waals surface area contributed by atoms with Crippen LogP contribution in [0.5, 0.6) is 5.75 Å². The summed E-state index contributed by atoms with van der Waals surface area (Å²) in [5.74, 6) is -2.35. The first kappa shape index (κ1) is 14.5. The molecule has 0 fully saturated rings. The van der Waals surface area contributed by atoms with E-state index in [0.29, 0.717) is 0 Å². The molecule has 0 spiro atoms. The molecule has 0 radical (unpaired) electrons. The van der Waals surface area contributed by atoms with Gasteiger partial charge in [-0.1, -0.05) is 24.3 Å². The number of hydrogen-bond acceptors (Lipinski definition) is 1. The van der Waals surface area contributed by atoms with Gasteiger partial charge in [0.2, 0.25) is 0 Å². The molecule has 2 aromatic rings. The molecule has 0 saturated carbocycles. The van der Waals surface area contributed by atoms with Gasteiger partial charge in [-0.05, 0) is 23.8 Å². The highest BCUT2D eigenvalue weighted by molar-refractivity contribution is 6.30. The number of ether oxygens (including phenoxy) is 1. The van der Waals surface area contributed by atoms with Gasteiger partial charge < -0.3 is 4.74 Å². The summed E-state index contributed by atoms with van der Waals surface area (Å²) in [4.78, 5) is 0. The molecule has 0 aromatic heterocycles. The molecule has 0 aliphatic rings. The normalized spacial score (nSPS) is 10.4. The molecule has 0 amide bonds. The Balaban J connectivity index is 2.49. The predicted octanol–water partition coefficient (Wildman–Crippen LogP) is 4.99. The second-order valence-corrected chi connectivity index (χ2v) is 4.46. The molecule has 0 N–H and O–H groups in total. The van der Waals surface area contributed by atoms with Crippen LogP contribution in [0.15, 0.2) is 43.0 Å². The molecule has 0 bridgehead atoms. The lowest BCUT2D eigenvalue weighted by molar-refractivity contribution is 0.358. The fourth-order valence-electron chi connectivity index (χ4n) is 1.76. The molecule has 20 heavy (non-hydrogen) atoms. The molecular weight excluding hydrogens is 289 g/mol. The van der Waals surface area contributed by atoms with Gasteiger partial charge in [0.05, 0.1) is 5.56 Å². The Hall–Kier alpha value is -1.94. The van der Waals surface area contributed by atoms with Gasteiger partial charge in [-0.2, -0.15) is 0 Å². The van der Waals surface area contributed by atoms with Crippen LogP contribution in [0.25, 0.3) is 11.1 Å². The average molecular weight is 299 g/mol. The number of rotatable bonds is 4. The second kappa shape index (κ2) is 6.01. The van der Waals surface area contributed by atoms with Gasteiger partial charge in [0.1, 0.15) is 29.8 Å². The monoisotopic (exact) mass is 298 g/mol. The minimum Gasteiger partial charge on any atom is -0.489 e. The van der Waals surface area contributed by atoms with E-state index >= 15 is 0 Å². The first-order valence-electron chi connectivity index (χ1n) is 5.70. The van der Waals surface area contributed by atoms with Crippen molar-refractivity contribution >= 4 is 11.6 Å². The van der Waals surface area contributed by atoms with Crippen molar-refractivity contribution in [3.63, 3.8) is 0 Å². The third kappa shape index (κ3) is 3.14. The van der Waals surface area contributed by atoms with E-state index in [1.807, 2.05) is 0 Å². The molecule has 0 heterocycles. The van der Waals surface area contributed by atoms with Crippen LogP contribution in [0.4, 0.5) is 13.2 Å². The van der Waals surface area contributed by atoms with Crippen LogP contribution in [-0.2, 0) is 0 Å². The van der Waals surface area contributed by atoms with Crippen molar-refractivity contribution in [2.24, 2.45) is 0 Å². The fourth-order valence-corrected chi connectivity index (χ4v) is 1.98.